The molecule has 0 atom stereocenters. The van der Waals surface area contributed by atoms with E-state index in [4.69, 9.17) is 0 Å². The van der Waals surface area contributed by atoms with E-state index in [1.807, 2.05) is 0 Å². The van der Waals surface area contributed by atoms with E-state index in [9.17, 15) is 17.6 Å². The van der Waals surface area contributed by atoms with Gasteiger partial charge in [0.25, 0.3) is 12.9 Å². The van der Waals surface area contributed by atoms with E-state index in [-0.39, 0.29) is 0 Å². The highest BCUT2D eigenvalue weighted by atomic mass is 19.3. The zero-order chi connectivity index (χ0) is 12.5. The lowest BCUT2D eigenvalue weighted by molar-refractivity contribution is 0.133. The predicted molar refractivity (Wildman–Crippen MR) is 52.9 cm³/mol. The molecule has 0 aliphatic heterocycles. The molecule has 0 bridgehead atoms. The third-order valence-electron chi connectivity index (χ3n) is 2.18. The van der Waals surface area contributed by atoms with Crippen LogP contribution in [0.5, 0.6) is 0 Å². The van der Waals surface area contributed by atoms with Crippen LogP contribution >= 0.6 is 0 Å². The van der Waals surface area contributed by atoms with E-state index in [0.717, 1.165) is 0 Å². The Bertz CT molecular complexity index is 342. The summed E-state index contributed by atoms with van der Waals surface area (Å²) in [4.78, 5) is 3.25. The maximum atomic E-state index is 12.5. The van der Waals surface area contributed by atoms with Crippen molar-refractivity contribution in [3.05, 3.63) is 29.1 Å². The van der Waals surface area contributed by atoms with Gasteiger partial charge >= 0.3 is 0 Å². The van der Waals surface area contributed by atoms with Gasteiger partial charge in [0.1, 0.15) is 11.4 Å². The second kappa shape index (κ2) is 4.39. The Balaban J connectivity index is 3.30. The lowest BCUT2D eigenvalue weighted by Crippen LogP contribution is -2.13. The van der Waals surface area contributed by atoms with Gasteiger partial charge in [-0.15, -0.1) is 0 Å². The van der Waals surface area contributed by atoms with Gasteiger partial charge in [0.2, 0.25) is 0 Å². The summed E-state index contributed by atoms with van der Waals surface area (Å²) in [5.41, 5.74) is -1.21. The van der Waals surface area contributed by atoms with Gasteiger partial charge in [0.15, 0.2) is 0 Å². The highest BCUT2D eigenvalue weighted by Crippen LogP contribution is 2.29. The van der Waals surface area contributed by atoms with Crippen molar-refractivity contribution in [3.8, 4) is 0 Å². The van der Waals surface area contributed by atoms with Gasteiger partial charge in [-0.05, 0) is 23.1 Å². The molecule has 1 nitrogen and oxygen atoms in total. The maximum absolute atomic E-state index is 12.5. The van der Waals surface area contributed by atoms with Crippen molar-refractivity contribution in [3.63, 3.8) is 0 Å². The minimum atomic E-state index is -2.83. The van der Waals surface area contributed by atoms with Crippen LogP contribution in [-0.4, -0.2) is 4.98 Å². The Morgan fingerprint density at radius 1 is 0.938 bits per heavy atom. The fourth-order valence-electron chi connectivity index (χ4n) is 1.23. The lowest BCUT2D eigenvalue weighted by atomic mass is 9.87. The first kappa shape index (κ1) is 12.9. The van der Waals surface area contributed by atoms with Gasteiger partial charge in [-0.3, -0.25) is 0 Å². The maximum Gasteiger partial charge on any atom is 0.280 e. The monoisotopic (exact) mass is 235 g/mol. The van der Waals surface area contributed by atoms with Gasteiger partial charge in [0, 0.05) is 0 Å². The molecule has 0 amide bonds. The highest BCUT2D eigenvalue weighted by molar-refractivity contribution is 5.28. The number of alkyl halides is 4. The molecular formula is C11H13F4N. The minimum Gasteiger partial charge on any atom is -0.246 e. The Labute approximate surface area is 91.5 Å². The quantitative estimate of drug-likeness (QED) is 0.698. The van der Waals surface area contributed by atoms with Crippen molar-refractivity contribution in [2.45, 2.75) is 39.0 Å². The first-order chi connectivity index (χ1) is 7.21. The average molecular weight is 235 g/mol. The molecule has 1 aromatic rings. The number of pyridine rings is 1. The van der Waals surface area contributed by atoms with Crippen LogP contribution in [0.25, 0.3) is 0 Å². The normalized spacial score (nSPS) is 12.6. The Morgan fingerprint density at radius 2 is 1.31 bits per heavy atom. The molecule has 16 heavy (non-hydrogen) atoms. The molecule has 0 saturated heterocycles. The fraction of sp³-hybridized carbons (Fsp3) is 0.545. The van der Waals surface area contributed by atoms with Crippen molar-refractivity contribution in [2.75, 3.05) is 0 Å². The summed E-state index contributed by atoms with van der Waals surface area (Å²) in [5, 5.41) is 0. The van der Waals surface area contributed by atoms with Crippen LogP contribution in [0.4, 0.5) is 17.6 Å². The van der Waals surface area contributed by atoms with Gasteiger partial charge in [-0.1, -0.05) is 20.8 Å². The van der Waals surface area contributed by atoms with Crippen LogP contribution in [0.15, 0.2) is 12.1 Å². The van der Waals surface area contributed by atoms with Gasteiger partial charge in [-0.25, -0.2) is 22.5 Å². The smallest absolute Gasteiger partial charge is 0.246 e. The molecular weight excluding hydrogens is 222 g/mol. The van der Waals surface area contributed by atoms with Crippen molar-refractivity contribution >= 4 is 0 Å². The van der Waals surface area contributed by atoms with E-state index < -0.39 is 29.7 Å². The van der Waals surface area contributed by atoms with E-state index in [2.05, 4.69) is 4.98 Å². The first-order valence-electron chi connectivity index (χ1n) is 4.80. The molecule has 0 radical (unpaired) electrons. The molecule has 5 heteroatoms. The van der Waals surface area contributed by atoms with E-state index in [1.165, 1.54) is 12.1 Å². The molecule has 0 unspecified atom stereocenters. The lowest BCUT2D eigenvalue weighted by Gasteiger charge is -2.20. The number of halogens is 4. The van der Waals surface area contributed by atoms with Gasteiger partial charge in [-0.2, -0.15) is 0 Å². The number of aromatic nitrogens is 1. The topological polar surface area (TPSA) is 12.9 Å². The summed E-state index contributed by atoms with van der Waals surface area (Å²) in [6, 6.07) is 2.35. The molecule has 0 spiro atoms. The minimum absolute atomic E-state index is 0.438. The standard InChI is InChI=1S/C11H13F4N/c1-11(2,3)6-4-7(9(12)13)16-8(5-6)10(14)15/h4-5,9-10H,1-3H3. The van der Waals surface area contributed by atoms with Crippen LogP contribution in [-0.2, 0) is 5.41 Å². The van der Waals surface area contributed by atoms with Crippen molar-refractivity contribution in [1.82, 2.24) is 4.98 Å². The van der Waals surface area contributed by atoms with Gasteiger partial charge in [0.05, 0.1) is 0 Å². The predicted octanol–water partition coefficient (Wildman–Crippen LogP) is 4.25. The van der Waals surface area contributed by atoms with E-state index in [0.29, 0.717) is 5.56 Å². The molecule has 0 aromatic carbocycles. The van der Waals surface area contributed by atoms with Crippen molar-refractivity contribution in [1.29, 1.82) is 0 Å². The third-order valence-corrected chi connectivity index (χ3v) is 2.18. The number of rotatable bonds is 2. The first-order valence-corrected chi connectivity index (χ1v) is 4.80. The summed E-state index contributed by atoms with van der Waals surface area (Å²) in [5.74, 6) is 0. The zero-order valence-corrected chi connectivity index (χ0v) is 9.27. The summed E-state index contributed by atoms with van der Waals surface area (Å²) < 4.78 is 49.9. The molecule has 1 heterocycles. The molecule has 0 aliphatic rings. The molecule has 1 rings (SSSR count). The third kappa shape index (κ3) is 2.93. The number of hydrogen-bond donors (Lipinski definition) is 0. The zero-order valence-electron chi connectivity index (χ0n) is 9.27. The van der Waals surface area contributed by atoms with Crippen LogP contribution in [0.1, 0.15) is 50.6 Å². The number of hydrogen-bond acceptors (Lipinski definition) is 1. The summed E-state index contributed by atoms with van der Waals surface area (Å²) in [7, 11) is 0. The van der Waals surface area contributed by atoms with E-state index >= 15 is 0 Å². The molecule has 0 fully saturated rings. The summed E-state index contributed by atoms with van der Waals surface area (Å²) in [6.07, 6.45) is -5.67. The molecule has 1 aromatic heterocycles. The summed E-state index contributed by atoms with van der Waals surface area (Å²) >= 11 is 0. The van der Waals surface area contributed by atoms with E-state index in [1.54, 1.807) is 20.8 Å². The van der Waals surface area contributed by atoms with Gasteiger partial charge < -0.3 is 0 Å². The highest BCUT2D eigenvalue weighted by Gasteiger charge is 2.21. The van der Waals surface area contributed by atoms with Crippen LogP contribution in [0.2, 0.25) is 0 Å². The average Bonchev–Trinajstić information content (AvgIpc) is 2.15. The van der Waals surface area contributed by atoms with Crippen molar-refractivity contribution in [2.24, 2.45) is 0 Å². The SMILES string of the molecule is CC(C)(C)c1cc(C(F)F)nc(C(F)F)c1. The van der Waals surface area contributed by atoms with Crippen LogP contribution in [0, 0.1) is 0 Å². The Morgan fingerprint density at radius 3 is 1.56 bits per heavy atom. The largest absolute Gasteiger partial charge is 0.280 e. The van der Waals surface area contributed by atoms with Crippen LogP contribution in [0.3, 0.4) is 0 Å². The summed E-state index contributed by atoms with van der Waals surface area (Å²) in [6.45, 7) is 5.31. The Hall–Kier alpha value is -1.13. The molecule has 90 valence electrons. The molecule has 0 N–H and O–H groups in total. The fourth-order valence-corrected chi connectivity index (χ4v) is 1.23. The molecule has 0 saturated carbocycles. The van der Waals surface area contributed by atoms with Crippen molar-refractivity contribution < 1.29 is 17.6 Å². The van der Waals surface area contributed by atoms with Crippen LogP contribution < -0.4 is 0 Å². The second-order valence-corrected chi connectivity index (χ2v) is 4.56. The second-order valence-electron chi connectivity index (χ2n) is 4.56. The number of nitrogens with zero attached hydrogens (tertiary/aromatic N) is 1. The molecule has 0 aliphatic carbocycles. The Kier molecular flexibility index (Phi) is 3.55.